The van der Waals surface area contributed by atoms with Gasteiger partial charge >= 0.3 is 16.3 Å². The number of benzene rings is 1. The lowest BCUT2D eigenvalue weighted by molar-refractivity contribution is -0.0779. The van der Waals surface area contributed by atoms with Crippen LogP contribution < -0.4 is 14.2 Å². The molecular weight excluding hydrogens is 324 g/mol. The van der Waals surface area contributed by atoms with Crippen molar-refractivity contribution in [2.75, 3.05) is 21.2 Å². The average molecular weight is 344 g/mol. The van der Waals surface area contributed by atoms with Crippen molar-refractivity contribution in [3.05, 3.63) is 23.8 Å². The lowest BCUT2D eigenvalue weighted by atomic mass is 9.85. The van der Waals surface area contributed by atoms with Gasteiger partial charge in [-0.25, -0.2) is 4.79 Å². The number of carbonyl (C=O) groups excluding carboxylic acids is 1. The second-order valence-corrected chi connectivity index (χ2v) is 7.20. The maximum absolute atomic E-state index is 12.1. The van der Waals surface area contributed by atoms with Gasteiger partial charge in [0.2, 0.25) is 6.29 Å². The fourth-order valence-electron chi connectivity index (χ4n) is 2.34. The zero-order valence-electron chi connectivity index (χ0n) is 13.6. The number of nitrogens with one attached hydrogen (secondary N) is 1. The van der Waals surface area contributed by atoms with E-state index in [1.807, 2.05) is 13.8 Å². The van der Waals surface area contributed by atoms with Crippen LogP contribution >= 0.6 is 0 Å². The molecule has 1 atom stereocenters. The van der Waals surface area contributed by atoms with E-state index in [1.165, 1.54) is 13.1 Å². The van der Waals surface area contributed by atoms with Gasteiger partial charge in [0.15, 0.2) is 0 Å². The van der Waals surface area contributed by atoms with Crippen LogP contribution in [0.4, 0.5) is 4.79 Å². The van der Waals surface area contributed by atoms with Gasteiger partial charge in [-0.2, -0.15) is 12.7 Å². The molecule has 0 fully saturated rings. The number of methoxy groups -OCH3 is 1. The summed E-state index contributed by atoms with van der Waals surface area (Å²) in [6, 6.07) is 3.85. The molecule has 0 bridgehead atoms. The number of fused-ring (bicyclic) bond motifs is 1. The summed E-state index contributed by atoms with van der Waals surface area (Å²) in [6.07, 6.45) is -0.474. The summed E-state index contributed by atoms with van der Waals surface area (Å²) in [5.41, 5.74) is 0.291. The molecule has 2 amide bonds. The Morgan fingerprint density at radius 1 is 1.39 bits per heavy atom. The van der Waals surface area contributed by atoms with Gasteiger partial charge < -0.3 is 19.0 Å². The zero-order chi connectivity index (χ0) is 17.4. The van der Waals surface area contributed by atoms with Crippen LogP contribution in [-0.2, 0) is 20.5 Å². The third-order valence-electron chi connectivity index (χ3n) is 3.72. The molecule has 2 rings (SSSR count). The molecule has 1 N–H and O–H groups in total. The molecule has 9 heteroatoms. The van der Waals surface area contributed by atoms with E-state index >= 15 is 0 Å². The second-order valence-electron chi connectivity index (χ2n) is 5.63. The summed E-state index contributed by atoms with van der Waals surface area (Å²) < 4.78 is 40.6. The fourth-order valence-corrected chi connectivity index (χ4v) is 3.09. The van der Waals surface area contributed by atoms with E-state index in [0.717, 1.165) is 12.6 Å². The number of ether oxygens (including phenoxy) is 2. The lowest BCUT2D eigenvalue weighted by Gasteiger charge is -2.24. The first-order valence-corrected chi connectivity index (χ1v) is 8.24. The highest BCUT2D eigenvalue weighted by Crippen LogP contribution is 2.44. The molecule has 128 valence electrons. The van der Waals surface area contributed by atoms with Gasteiger partial charge in [0.25, 0.3) is 0 Å². The molecule has 1 aromatic rings. The van der Waals surface area contributed by atoms with E-state index in [-0.39, 0.29) is 5.75 Å². The Morgan fingerprint density at radius 2 is 2.04 bits per heavy atom. The summed E-state index contributed by atoms with van der Waals surface area (Å²) in [6.45, 7) is 3.84. The minimum absolute atomic E-state index is 0.0907. The normalized spacial score (nSPS) is 18.7. The molecule has 0 aromatic heterocycles. The van der Waals surface area contributed by atoms with E-state index in [1.54, 1.807) is 19.2 Å². The number of urea groups is 1. The van der Waals surface area contributed by atoms with Gasteiger partial charge in [0, 0.05) is 26.8 Å². The lowest BCUT2D eigenvalue weighted by Crippen LogP contribution is -2.41. The molecule has 0 radical (unpaired) electrons. The number of hydrogen-bond acceptors (Lipinski definition) is 6. The molecule has 1 aromatic carbocycles. The molecule has 0 saturated heterocycles. The summed E-state index contributed by atoms with van der Waals surface area (Å²) in [5.74, 6) is 0.694. The zero-order valence-corrected chi connectivity index (χ0v) is 14.4. The Kier molecular flexibility index (Phi) is 4.45. The average Bonchev–Trinajstić information content (AvgIpc) is 2.76. The standard InChI is InChI=1S/C14H20N2O6S/c1-14(2)10-8-9(6-7-11(10)21-12(14)20-5)22-23(18,19)16(4)13(17)15-3/h6-8,12H,1-5H3,(H,15,17). The monoisotopic (exact) mass is 344 g/mol. The third-order valence-corrected chi connectivity index (χ3v) is 4.96. The van der Waals surface area contributed by atoms with Crippen LogP contribution in [0.5, 0.6) is 11.5 Å². The molecular formula is C14H20N2O6S. The molecule has 1 aliphatic rings. The first kappa shape index (κ1) is 17.4. The fraction of sp³-hybridized carbons (Fsp3) is 0.500. The summed E-state index contributed by atoms with van der Waals surface area (Å²) in [5, 5.41) is 2.22. The summed E-state index contributed by atoms with van der Waals surface area (Å²) in [7, 11) is -0.275. The highest BCUT2D eigenvalue weighted by atomic mass is 32.2. The van der Waals surface area contributed by atoms with E-state index in [4.69, 9.17) is 13.7 Å². The molecule has 1 aliphatic heterocycles. The van der Waals surface area contributed by atoms with E-state index in [0.29, 0.717) is 10.1 Å². The molecule has 1 heterocycles. The van der Waals surface area contributed by atoms with Gasteiger partial charge in [-0.15, -0.1) is 0 Å². The first-order chi connectivity index (χ1) is 10.6. The molecule has 1 unspecified atom stereocenters. The van der Waals surface area contributed by atoms with Gasteiger partial charge in [-0.1, -0.05) is 0 Å². The minimum atomic E-state index is -4.25. The number of carbonyl (C=O) groups is 1. The van der Waals surface area contributed by atoms with Crippen molar-refractivity contribution >= 4 is 16.3 Å². The predicted octanol–water partition coefficient (Wildman–Crippen LogP) is 1.22. The smallest absolute Gasteiger partial charge is 0.413 e. The van der Waals surface area contributed by atoms with Crippen molar-refractivity contribution in [3.8, 4) is 11.5 Å². The topological polar surface area (TPSA) is 94.2 Å². The van der Waals surface area contributed by atoms with Crippen LogP contribution in [0.15, 0.2) is 18.2 Å². The number of hydrogen-bond donors (Lipinski definition) is 1. The quantitative estimate of drug-likeness (QED) is 0.883. The highest BCUT2D eigenvalue weighted by molar-refractivity contribution is 7.85. The molecule has 0 saturated carbocycles. The van der Waals surface area contributed by atoms with Crippen molar-refractivity contribution in [2.45, 2.75) is 25.6 Å². The van der Waals surface area contributed by atoms with Gasteiger partial charge in [0.05, 0.1) is 5.41 Å². The van der Waals surface area contributed by atoms with Gasteiger partial charge in [0.1, 0.15) is 11.5 Å². The van der Waals surface area contributed by atoms with Gasteiger partial charge in [-0.3, -0.25) is 0 Å². The molecule has 0 aliphatic carbocycles. The number of amides is 2. The van der Waals surface area contributed by atoms with Crippen LogP contribution in [-0.4, -0.2) is 46.2 Å². The third kappa shape index (κ3) is 3.06. The number of nitrogens with zero attached hydrogens (tertiary/aromatic N) is 1. The van der Waals surface area contributed by atoms with Crippen molar-refractivity contribution in [1.29, 1.82) is 0 Å². The minimum Gasteiger partial charge on any atom is -0.464 e. The maximum Gasteiger partial charge on any atom is 0.413 e. The van der Waals surface area contributed by atoms with Gasteiger partial charge in [-0.05, 0) is 32.0 Å². The molecule has 8 nitrogen and oxygen atoms in total. The Hall–Kier alpha value is -2.00. The van der Waals surface area contributed by atoms with Crippen molar-refractivity contribution in [2.24, 2.45) is 0 Å². The molecule has 0 spiro atoms. The van der Waals surface area contributed by atoms with Crippen molar-refractivity contribution < 1.29 is 26.9 Å². The van der Waals surface area contributed by atoms with Crippen molar-refractivity contribution in [1.82, 2.24) is 9.62 Å². The first-order valence-electron chi connectivity index (χ1n) is 6.87. The Labute approximate surface area is 135 Å². The van der Waals surface area contributed by atoms with Crippen LogP contribution in [0.2, 0.25) is 0 Å². The largest absolute Gasteiger partial charge is 0.464 e. The van der Waals surface area contributed by atoms with Crippen LogP contribution in [0, 0.1) is 0 Å². The van der Waals surface area contributed by atoms with E-state index in [2.05, 4.69) is 5.32 Å². The SMILES string of the molecule is CNC(=O)N(C)S(=O)(=O)Oc1ccc2c(c1)C(C)(C)C(OC)O2. The Morgan fingerprint density at radius 3 is 2.61 bits per heavy atom. The van der Waals surface area contributed by atoms with Crippen LogP contribution in [0.25, 0.3) is 0 Å². The Balaban J connectivity index is 2.30. The Bertz CT molecular complexity index is 716. The molecule has 23 heavy (non-hydrogen) atoms. The predicted molar refractivity (Wildman–Crippen MR) is 82.7 cm³/mol. The van der Waals surface area contributed by atoms with Crippen LogP contribution in [0.1, 0.15) is 19.4 Å². The van der Waals surface area contributed by atoms with E-state index in [9.17, 15) is 13.2 Å². The van der Waals surface area contributed by atoms with E-state index < -0.39 is 28.0 Å². The van der Waals surface area contributed by atoms with Crippen molar-refractivity contribution in [3.63, 3.8) is 0 Å². The van der Waals surface area contributed by atoms with Crippen LogP contribution in [0.3, 0.4) is 0 Å². The summed E-state index contributed by atoms with van der Waals surface area (Å²) >= 11 is 0. The maximum atomic E-state index is 12.1. The summed E-state index contributed by atoms with van der Waals surface area (Å²) in [4.78, 5) is 11.4. The number of rotatable bonds is 4. The second kappa shape index (κ2) is 5.89. The highest BCUT2D eigenvalue weighted by Gasteiger charge is 2.42.